The van der Waals surface area contributed by atoms with Crippen LogP contribution in [0.4, 0.5) is 0 Å². The molecular weight excluding hydrogens is 480 g/mol. The fourth-order valence-corrected chi connectivity index (χ4v) is 4.62. The van der Waals surface area contributed by atoms with Gasteiger partial charge in [0.2, 0.25) is 0 Å². The van der Waals surface area contributed by atoms with E-state index in [0.717, 1.165) is 33.5 Å². The smallest absolute Gasteiger partial charge is 0.285 e. The fraction of sp³-hybridized carbons (Fsp3) is 0.148. The molecule has 0 spiro atoms. The highest BCUT2D eigenvalue weighted by Crippen LogP contribution is 2.34. The lowest BCUT2D eigenvalue weighted by atomic mass is 10.1. The number of thioether (sulfide) groups is 1. The van der Waals surface area contributed by atoms with Crippen LogP contribution >= 0.6 is 24.0 Å². The number of ether oxygens (including phenoxy) is 2. The molecule has 1 aliphatic heterocycles. The normalized spacial score (nSPS) is 14.3. The third-order valence-electron chi connectivity index (χ3n) is 5.20. The van der Waals surface area contributed by atoms with Crippen molar-refractivity contribution in [3.05, 3.63) is 100.0 Å². The van der Waals surface area contributed by atoms with Gasteiger partial charge in [-0.15, -0.1) is 0 Å². The first-order valence-corrected chi connectivity index (χ1v) is 12.3. The number of nitrogens with one attached hydrogen (secondary N) is 1. The number of aryl methyl sites for hydroxylation is 1. The molecule has 8 heteroatoms. The lowest BCUT2D eigenvalue weighted by Gasteiger charge is -2.16. The molecule has 0 aliphatic carbocycles. The number of carbonyl (C=O) groups excluding carboxylic acids is 2. The van der Waals surface area contributed by atoms with E-state index in [1.165, 1.54) is 0 Å². The standard InChI is InChI=1S/C27H24N2O4S2/c1-3-32-23-15-20(13-14-22(23)33-17-19-10-5-4-6-11-19)16-24-26(31)29(27(34)35-24)28-25(30)21-12-8-7-9-18(21)2/h4-16H,3,17H2,1-2H3,(H,28,30)/b24-16-. The summed E-state index contributed by atoms with van der Waals surface area (Å²) in [7, 11) is 0. The summed E-state index contributed by atoms with van der Waals surface area (Å²) < 4.78 is 12.0. The molecule has 178 valence electrons. The third kappa shape index (κ3) is 5.90. The summed E-state index contributed by atoms with van der Waals surface area (Å²) in [5.74, 6) is 0.426. The van der Waals surface area contributed by atoms with Gasteiger partial charge in [0.15, 0.2) is 15.8 Å². The van der Waals surface area contributed by atoms with Gasteiger partial charge in [-0.3, -0.25) is 15.0 Å². The van der Waals surface area contributed by atoms with E-state index in [-0.39, 0.29) is 16.1 Å². The molecule has 3 aromatic carbocycles. The first-order chi connectivity index (χ1) is 17.0. The van der Waals surface area contributed by atoms with E-state index in [0.29, 0.717) is 35.2 Å². The van der Waals surface area contributed by atoms with E-state index in [2.05, 4.69) is 5.43 Å². The molecule has 1 heterocycles. The van der Waals surface area contributed by atoms with E-state index in [1.807, 2.05) is 74.5 Å². The highest BCUT2D eigenvalue weighted by Gasteiger charge is 2.34. The Labute approximate surface area is 213 Å². The van der Waals surface area contributed by atoms with Crippen LogP contribution in [0.25, 0.3) is 6.08 Å². The molecular formula is C27H24N2O4S2. The van der Waals surface area contributed by atoms with Crippen molar-refractivity contribution in [1.29, 1.82) is 0 Å². The van der Waals surface area contributed by atoms with Gasteiger partial charge in [0.1, 0.15) is 6.61 Å². The summed E-state index contributed by atoms with van der Waals surface area (Å²) in [6.45, 7) is 4.62. The van der Waals surface area contributed by atoms with Gasteiger partial charge in [-0.05, 0) is 67.0 Å². The maximum Gasteiger partial charge on any atom is 0.285 e. The average Bonchev–Trinajstić information content (AvgIpc) is 3.12. The van der Waals surface area contributed by atoms with E-state index in [4.69, 9.17) is 21.7 Å². The van der Waals surface area contributed by atoms with E-state index in [1.54, 1.807) is 18.2 Å². The lowest BCUT2D eigenvalue weighted by Crippen LogP contribution is -2.45. The van der Waals surface area contributed by atoms with Gasteiger partial charge in [0.05, 0.1) is 11.5 Å². The lowest BCUT2D eigenvalue weighted by molar-refractivity contribution is -0.123. The van der Waals surface area contributed by atoms with E-state index >= 15 is 0 Å². The van der Waals surface area contributed by atoms with Crippen LogP contribution in [-0.2, 0) is 11.4 Å². The van der Waals surface area contributed by atoms with Crippen molar-refractivity contribution < 1.29 is 19.1 Å². The second-order valence-electron chi connectivity index (χ2n) is 7.69. The zero-order valence-electron chi connectivity index (χ0n) is 19.3. The predicted octanol–water partition coefficient (Wildman–Crippen LogP) is 5.52. The molecule has 3 aromatic rings. The zero-order valence-corrected chi connectivity index (χ0v) is 20.9. The Kier molecular flexibility index (Phi) is 7.84. The van der Waals surface area contributed by atoms with Gasteiger partial charge in [0.25, 0.3) is 11.8 Å². The van der Waals surface area contributed by atoms with Crippen LogP contribution in [0.15, 0.2) is 77.7 Å². The van der Waals surface area contributed by atoms with Gasteiger partial charge in [-0.2, -0.15) is 5.01 Å². The Morgan fingerprint density at radius 1 is 1.03 bits per heavy atom. The summed E-state index contributed by atoms with van der Waals surface area (Å²) in [5, 5.41) is 1.11. The number of thiocarbonyl (C=S) groups is 1. The molecule has 1 saturated heterocycles. The molecule has 0 bridgehead atoms. The molecule has 1 N–H and O–H groups in total. The van der Waals surface area contributed by atoms with Crippen molar-refractivity contribution in [2.45, 2.75) is 20.5 Å². The monoisotopic (exact) mass is 504 g/mol. The van der Waals surface area contributed by atoms with Gasteiger partial charge < -0.3 is 9.47 Å². The van der Waals surface area contributed by atoms with Crippen LogP contribution < -0.4 is 14.9 Å². The molecule has 35 heavy (non-hydrogen) atoms. The van der Waals surface area contributed by atoms with Crippen LogP contribution in [0.2, 0.25) is 0 Å². The molecule has 1 aliphatic rings. The quantitative estimate of drug-likeness (QED) is 0.322. The van der Waals surface area contributed by atoms with Gasteiger partial charge in [-0.1, -0.05) is 66.4 Å². The van der Waals surface area contributed by atoms with Crippen LogP contribution in [0.5, 0.6) is 11.5 Å². The molecule has 0 saturated carbocycles. The van der Waals surface area contributed by atoms with Crippen LogP contribution in [0.3, 0.4) is 0 Å². The fourth-order valence-electron chi connectivity index (χ4n) is 3.44. The summed E-state index contributed by atoms with van der Waals surface area (Å²) in [5.41, 5.74) is 5.72. The maximum atomic E-state index is 13.0. The van der Waals surface area contributed by atoms with Crippen molar-refractivity contribution in [2.24, 2.45) is 0 Å². The number of nitrogens with zero attached hydrogens (tertiary/aromatic N) is 1. The van der Waals surface area contributed by atoms with Crippen LogP contribution in [0.1, 0.15) is 34.0 Å². The number of amides is 2. The zero-order chi connectivity index (χ0) is 24.8. The summed E-state index contributed by atoms with van der Waals surface area (Å²) in [4.78, 5) is 26.1. The molecule has 0 radical (unpaired) electrons. The number of hydrazine groups is 1. The van der Waals surface area contributed by atoms with Crippen molar-refractivity contribution in [2.75, 3.05) is 6.61 Å². The summed E-state index contributed by atoms with van der Waals surface area (Å²) in [6.07, 6.45) is 1.72. The minimum absolute atomic E-state index is 0.260. The number of hydrogen-bond donors (Lipinski definition) is 1. The van der Waals surface area contributed by atoms with Crippen molar-refractivity contribution in [3.8, 4) is 11.5 Å². The topological polar surface area (TPSA) is 67.9 Å². The number of hydrogen-bond acceptors (Lipinski definition) is 6. The van der Waals surface area contributed by atoms with Crippen molar-refractivity contribution in [3.63, 3.8) is 0 Å². The van der Waals surface area contributed by atoms with E-state index in [9.17, 15) is 9.59 Å². The Hall–Kier alpha value is -3.62. The second kappa shape index (κ2) is 11.2. The number of benzene rings is 3. The molecule has 0 aromatic heterocycles. The van der Waals surface area contributed by atoms with Gasteiger partial charge in [0, 0.05) is 5.56 Å². The Bertz CT molecular complexity index is 1290. The SMILES string of the molecule is CCOc1cc(/C=C2\SC(=S)N(NC(=O)c3ccccc3C)C2=O)ccc1OCc1ccccc1. The Morgan fingerprint density at radius 2 is 1.77 bits per heavy atom. The van der Waals surface area contributed by atoms with Gasteiger partial charge >= 0.3 is 0 Å². The summed E-state index contributed by atoms with van der Waals surface area (Å²) >= 11 is 6.48. The Balaban J connectivity index is 1.49. The minimum atomic E-state index is -0.390. The average molecular weight is 505 g/mol. The molecule has 1 fully saturated rings. The number of carbonyl (C=O) groups is 2. The molecule has 0 unspecified atom stereocenters. The number of rotatable bonds is 8. The first kappa shape index (κ1) is 24.5. The summed E-state index contributed by atoms with van der Waals surface area (Å²) in [6, 6.07) is 22.5. The highest BCUT2D eigenvalue weighted by molar-refractivity contribution is 8.26. The molecule has 2 amide bonds. The van der Waals surface area contributed by atoms with Gasteiger partial charge in [-0.25, -0.2) is 0 Å². The molecule has 6 nitrogen and oxygen atoms in total. The van der Waals surface area contributed by atoms with Crippen LogP contribution in [0, 0.1) is 6.92 Å². The van der Waals surface area contributed by atoms with Crippen molar-refractivity contribution >= 4 is 46.2 Å². The minimum Gasteiger partial charge on any atom is -0.490 e. The predicted molar refractivity (Wildman–Crippen MR) is 142 cm³/mol. The largest absolute Gasteiger partial charge is 0.490 e. The third-order valence-corrected chi connectivity index (χ3v) is 6.50. The molecule has 0 atom stereocenters. The van der Waals surface area contributed by atoms with Crippen LogP contribution in [-0.4, -0.2) is 27.8 Å². The second-order valence-corrected chi connectivity index (χ2v) is 9.36. The van der Waals surface area contributed by atoms with E-state index < -0.39 is 0 Å². The molecule has 4 rings (SSSR count). The first-order valence-electron chi connectivity index (χ1n) is 11.0. The highest BCUT2D eigenvalue weighted by atomic mass is 32.2. The maximum absolute atomic E-state index is 13.0. The van der Waals surface area contributed by atoms with Crippen molar-refractivity contribution in [1.82, 2.24) is 10.4 Å². The Morgan fingerprint density at radius 3 is 2.51 bits per heavy atom.